The maximum Gasteiger partial charge on any atom is 0.243 e. The Bertz CT molecular complexity index is 680. The van der Waals surface area contributed by atoms with Gasteiger partial charge in [-0.15, -0.1) is 11.8 Å². The predicted octanol–water partition coefficient (Wildman–Crippen LogP) is 4.09. The van der Waals surface area contributed by atoms with Crippen molar-refractivity contribution in [2.24, 2.45) is 5.92 Å². The van der Waals surface area contributed by atoms with Crippen LogP contribution in [-0.4, -0.2) is 41.1 Å². The van der Waals surface area contributed by atoms with E-state index < -0.39 is 0 Å². The number of anilines is 1. The highest BCUT2D eigenvalue weighted by molar-refractivity contribution is 8.00. The van der Waals surface area contributed by atoms with E-state index in [4.69, 9.17) is 0 Å². The highest BCUT2D eigenvalue weighted by Gasteiger charge is 2.40. The minimum atomic E-state index is 0.0486. The summed E-state index contributed by atoms with van der Waals surface area (Å²) in [7, 11) is 0. The summed E-state index contributed by atoms with van der Waals surface area (Å²) in [4.78, 5) is 30.7. The number of thioether (sulfide) groups is 1. The molecule has 1 aromatic carbocycles. The summed E-state index contributed by atoms with van der Waals surface area (Å²) >= 11 is 1.57. The number of carbonyl (C=O) groups excluding carboxylic acids is 2. The molecule has 0 radical (unpaired) electrons. The summed E-state index contributed by atoms with van der Waals surface area (Å²) < 4.78 is 0. The van der Waals surface area contributed by atoms with Crippen LogP contribution in [-0.2, 0) is 9.59 Å². The number of hydrogen-bond acceptors (Lipinski definition) is 3. The first-order valence-electron chi connectivity index (χ1n) is 10.0. The monoisotopic (exact) mass is 372 g/mol. The minimum Gasteiger partial charge on any atom is -0.335 e. The molecule has 0 spiro atoms. The molecule has 140 valence electrons. The van der Waals surface area contributed by atoms with E-state index in [-0.39, 0.29) is 18.4 Å². The molecule has 1 heterocycles. The van der Waals surface area contributed by atoms with Crippen molar-refractivity contribution in [3.63, 3.8) is 0 Å². The van der Waals surface area contributed by atoms with Crippen LogP contribution in [0.25, 0.3) is 0 Å². The first-order chi connectivity index (χ1) is 12.7. The lowest BCUT2D eigenvalue weighted by Gasteiger charge is -2.38. The van der Waals surface area contributed by atoms with Gasteiger partial charge in [0.05, 0.1) is 11.4 Å². The third-order valence-corrected chi connectivity index (χ3v) is 7.16. The van der Waals surface area contributed by atoms with E-state index in [1.165, 1.54) is 19.3 Å². The first kappa shape index (κ1) is 17.9. The first-order valence-corrected chi connectivity index (χ1v) is 11.0. The number of hydrogen-bond donors (Lipinski definition) is 0. The molecule has 26 heavy (non-hydrogen) atoms. The summed E-state index contributed by atoms with van der Waals surface area (Å²) in [6, 6.07) is 8.72. The second-order valence-corrected chi connectivity index (χ2v) is 8.87. The van der Waals surface area contributed by atoms with Crippen molar-refractivity contribution >= 4 is 29.3 Å². The maximum atomic E-state index is 13.2. The van der Waals surface area contributed by atoms with Crippen molar-refractivity contribution in [1.29, 1.82) is 0 Å². The molecule has 0 atom stereocenters. The van der Waals surface area contributed by atoms with Crippen LogP contribution < -0.4 is 4.90 Å². The quantitative estimate of drug-likeness (QED) is 0.782. The molecule has 4 rings (SSSR count). The fourth-order valence-electron chi connectivity index (χ4n) is 4.43. The Morgan fingerprint density at radius 1 is 1.12 bits per heavy atom. The van der Waals surface area contributed by atoms with E-state index in [9.17, 15) is 9.59 Å². The van der Waals surface area contributed by atoms with Crippen LogP contribution in [0.5, 0.6) is 0 Å². The Kier molecular flexibility index (Phi) is 5.25. The van der Waals surface area contributed by atoms with Crippen molar-refractivity contribution in [1.82, 2.24) is 4.90 Å². The number of carbonyl (C=O) groups is 2. The number of benzene rings is 1. The molecule has 4 nitrogen and oxygen atoms in total. The maximum absolute atomic E-state index is 13.2. The SMILES string of the molecule is CCC1CCC(N(C(=O)CN2C(=O)CSc3ccccc32)C2CC2)CC1. The van der Waals surface area contributed by atoms with Gasteiger partial charge in [0.15, 0.2) is 0 Å². The van der Waals surface area contributed by atoms with Gasteiger partial charge in [0.2, 0.25) is 11.8 Å². The van der Waals surface area contributed by atoms with Crippen LogP contribution in [0.3, 0.4) is 0 Å². The number of fused-ring (bicyclic) bond motifs is 1. The predicted molar refractivity (Wildman–Crippen MR) is 105 cm³/mol. The lowest BCUT2D eigenvalue weighted by atomic mass is 9.84. The molecule has 1 aromatic rings. The normalized spacial score (nSPS) is 25.7. The Morgan fingerprint density at radius 2 is 1.77 bits per heavy atom. The van der Waals surface area contributed by atoms with Crippen molar-refractivity contribution in [2.75, 3.05) is 17.2 Å². The standard InChI is InChI=1S/C21H28N2O2S/c1-2-15-7-9-16(10-8-15)23(17-11-12-17)20(24)13-22-18-5-3-4-6-19(18)26-14-21(22)25/h3-6,15-17H,2,7-14H2,1H3. The fourth-order valence-corrected chi connectivity index (χ4v) is 5.37. The number of rotatable bonds is 5. The third-order valence-electron chi connectivity index (χ3n) is 6.12. The van der Waals surface area contributed by atoms with Gasteiger partial charge < -0.3 is 9.80 Å². The second kappa shape index (κ2) is 7.63. The molecule has 0 bridgehead atoms. The van der Waals surface area contributed by atoms with Gasteiger partial charge in [-0.1, -0.05) is 25.5 Å². The summed E-state index contributed by atoms with van der Waals surface area (Å²) in [6.45, 7) is 2.47. The van der Waals surface area contributed by atoms with Crippen molar-refractivity contribution in [3.8, 4) is 0 Å². The number of nitrogens with zero attached hydrogens (tertiary/aromatic N) is 2. The van der Waals surface area contributed by atoms with Gasteiger partial charge >= 0.3 is 0 Å². The molecule has 1 aliphatic heterocycles. The molecule has 2 aliphatic carbocycles. The highest BCUT2D eigenvalue weighted by Crippen LogP contribution is 2.38. The van der Waals surface area contributed by atoms with E-state index >= 15 is 0 Å². The van der Waals surface area contributed by atoms with Crippen LogP contribution in [0.15, 0.2) is 29.2 Å². The topological polar surface area (TPSA) is 40.6 Å². The van der Waals surface area contributed by atoms with Gasteiger partial charge in [-0.25, -0.2) is 0 Å². The zero-order valence-electron chi connectivity index (χ0n) is 15.5. The van der Waals surface area contributed by atoms with Crippen molar-refractivity contribution in [2.45, 2.75) is 68.8 Å². The zero-order valence-corrected chi connectivity index (χ0v) is 16.3. The largest absolute Gasteiger partial charge is 0.335 e. The van der Waals surface area contributed by atoms with E-state index in [2.05, 4.69) is 11.8 Å². The van der Waals surface area contributed by atoms with Gasteiger partial charge in [-0.2, -0.15) is 0 Å². The summed E-state index contributed by atoms with van der Waals surface area (Å²) in [5.74, 6) is 1.44. The molecule has 3 aliphatic rings. The third kappa shape index (κ3) is 3.64. The van der Waals surface area contributed by atoms with Crippen LogP contribution >= 0.6 is 11.8 Å². The Balaban J connectivity index is 1.48. The Morgan fingerprint density at radius 3 is 2.42 bits per heavy atom. The molecule has 2 fully saturated rings. The zero-order chi connectivity index (χ0) is 18.1. The Hall–Kier alpha value is -1.49. The average molecular weight is 373 g/mol. The van der Waals surface area contributed by atoms with Crippen molar-refractivity contribution < 1.29 is 9.59 Å². The summed E-state index contributed by atoms with van der Waals surface area (Å²) in [5.41, 5.74) is 0.896. The molecular weight excluding hydrogens is 344 g/mol. The molecule has 0 aromatic heterocycles. The van der Waals surface area contributed by atoms with E-state index in [0.29, 0.717) is 17.8 Å². The van der Waals surface area contributed by atoms with Gasteiger partial charge in [0, 0.05) is 17.0 Å². The number of para-hydroxylation sites is 1. The second-order valence-electron chi connectivity index (χ2n) is 7.85. The van der Waals surface area contributed by atoms with Crippen molar-refractivity contribution in [3.05, 3.63) is 24.3 Å². The highest BCUT2D eigenvalue weighted by atomic mass is 32.2. The fraction of sp³-hybridized carbons (Fsp3) is 0.619. The molecule has 0 saturated heterocycles. The van der Waals surface area contributed by atoms with E-state index in [1.54, 1.807) is 16.7 Å². The molecule has 0 unspecified atom stereocenters. The van der Waals surface area contributed by atoms with Crippen LogP contribution in [0, 0.1) is 5.92 Å². The molecule has 2 saturated carbocycles. The summed E-state index contributed by atoms with van der Waals surface area (Å²) in [5, 5.41) is 0. The lowest BCUT2D eigenvalue weighted by Crippen LogP contribution is -2.50. The van der Waals surface area contributed by atoms with E-state index in [0.717, 1.165) is 42.2 Å². The van der Waals surface area contributed by atoms with Gasteiger partial charge in [-0.3, -0.25) is 9.59 Å². The van der Waals surface area contributed by atoms with Gasteiger partial charge in [0.25, 0.3) is 0 Å². The van der Waals surface area contributed by atoms with Crippen LogP contribution in [0.1, 0.15) is 51.9 Å². The molecule has 2 amide bonds. The minimum absolute atomic E-state index is 0.0486. The summed E-state index contributed by atoms with van der Waals surface area (Å²) in [6.07, 6.45) is 8.22. The van der Waals surface area contributed by atoms with Gasteiger partial charge in [0.1, 0.15) is 6.54 Å². The smallest absolute Gasteiger partial charge is 0.243 e. The van der Waals surface area contributed by atoms with Crippen LogP contribution in [0.4, 0.5) is 5.69 Å². The number of amides is 2. The molecule has 5 heteroatoms. The van der Waals surface area contributed by atoms with E-state index in [1.807, 2.05) is 24.3 Å². The van der Waals surface area contributed by atoms with Crippen LogP contribution in [0.2, 0.25) is 0 Å². The average Bonchev–Trinajstić information content (AvgIpc) is 3.50. The molecular formula is C21H28N2O2S. The van der Waals surface area contributed by atoms with Gasteiger partial charge in [-0.05, 0) is 56.6 Å². The Labute approximate surface area is 160 Å². The molecule has 0 N–H and O–H groups in total. The lowest BCUT2D eigenvalue weighted by molar-refractivity contribution is -0.134.